The first kappa shape index (κ1) is 23.4. The number of anilines is 2. The number of alkyl halides is 3. The molecule has 1 aliphatic heterocycles. The first-order valence-electron chi connectivity index (χ1n) is 9.38. The largest absolute Gasteiger partial charge is 0.484 e. The van der Waals surface area contributed by atoms with Gasteiger partial charge in [0.25, 0.3) is 0 Å². The molecule has 0 saturated carbocycles. The predicted octanol–water partition coefficient (Wildman–Crippen LogP) is 3.58. The summed E-state index contributed by atoms with van der Waals surface area (Å²) in [4.78, 5) is 20.6. The van der Waals surface area contributed by atoms with Crippen LogP contribution in [0.25, 0.3) is 0 Å². The molecule has 0 aliphatic carbocycles. The molecular weight excluding hydrogens is 443 g/mol. The van der Waals surface area contributed by atoms with Gasteiger partial charge < -0.3 is 19.9 Å². The van der Waals surface area contributed by atoms with Crippen molar-refractivity contribution in [3.05, 3.63) is 41.6 Å². The minimum atomic E-state index is -4.56. The van der Waals surface area contributed by atoms with Crippen LogP contribution in [0.15, 0.2) is 24.4 Å². The molecule has 2 N–H and O–H groups in total. The van der Waals surface area contributed by atoms with Crippen LogP contribution in [-0.4, -0.2) is 52.7 Å². The van der Waals surface area contributed by atoms with Crippen LogP contribution in [0.2, 0.25) is 0 Å². The molecule has 2 heterocycles. The average Bonchev–Trinajstić information content (AvgIpc) is 3.09. The van der Waals surface area contributed by atoms with Crippen molar-refractivity contribution in [1.82, 2.24) is 9.97 Å². The Balaban J connectivity index is 1.78. The Labute approximate surface area is 179 Å². The Hall–Kier alpha value is -3.22. The number of hydrogen-bond donors (Lipinski definition) is 2. The van der Waals surface area contributed by atoms with E-state index in [2.05, 4.69) is 20.0 Å². The highest BCUT2D eigenvalue weighted by Crippen LogP contribution is 2.29. The first-order chi connectivity index (χ1) is 15.0. The SMILES string of the molecule is C[C@H](Nc1ncc(F)c(N2C(=O)OCC2[C@@H](C)O)n1)c1ccc(OCC(F)(F)F)cc1F. The van der Waals surface area contributed by atoms with Crippen molar-refractivity contribution in [3.8, 4) is 5.75 Å². The number of aliphatic hydroxyl groups is 1. The molecule has 3 rings (SSSR count). The Bertz CT molecular complexity index is 989. The van der Waals surface area contributed by atoms with Gasteiger partial charge in [-0.25, -0.2) is 23.5 Å². The van der Waals surface area contributed by atoms with E-state index in [1.54, 1.807) is 0 Å². The molecule has 0 bridgehead atoms. The number of halogens is 5. The average molecular weight is 462 g/mol. The van der Waals surface area contributed by atoms with Crippen LogP contribution in [0, 0.1) is 11.6 Å². The number of hydrogen-bond acceptors (Lipinski definition) is 7. The molecule has 1 amide bonds. The van der Waals surface area contributed by atoms with Crippen LogP contribution in [0.1, 0.15) is 25.5 Å². The summed E-state index contributed by atoms with van der Waals surface area (Å²) in [6, 6.07) is 1.56. The van der Waals surface area contributed by atoms with Crippen LogP contribution in [0.4, 0.5) is 38.5 Å². The first-order valence-corrected chi connectivity index (χ1v) is 9.38. The van der Waals surface area contributed by atoms with E-state index in [1.165, 1.54) is 26.0 Å². The highest BCUT2D eigenvalue weighted by Gasteiger charge is 2.40. The summed E-state index contributed by atoms with van der Waals surface area (Å²) >= 11 is 0. The highest BCUT2D eigenvalue weighted by molar-refractivity contribution is 5.89. The van der Waals surface area contributed by atoms with Crippen molar-refractivity contribution in [2.45, 2.75) is 38.2 Å². The molecule has 32 heavy (non-hydrogen) atoms. The van der Waals surface area contributed by atoms with Crippen molar-refractivity contribution in [2.24, 2.45) is 0 Å². The number of carbonyl (C=O) groups excluding carboxylic acids is 1. The third-order valence-corrected chi connectivity index (χ3v) is 4.60. The monoisotopic (exact) mass is 462 g/mol. The fraction of sp³-hybridized carbons (Fsp3) is 0.421. The number of cyclic esters (lactones) is 1. The molecule has 174 valence electrons. The van der Waals surface area contributed by atoms with E-state index in [-0.39, 0.29) is 23.9 Å². The number of aromatic nitrogens is 2. The maximum absolute atomic E-state index is 14.4. The van der Waals surface area contributed by atoms with Gasteiger partial charge in [-0.05, 0) is 19.9 Å². The highest BCUT2D eigenvalue weighted by atomic mass is 19.4. The Morgan fingerprint density at radius 2 is 2.03 bits per heavy atom. The van der Waals surface area contributed by atoms with Gasteiger partial charge in [0, 0.05) is 11.6 Å². The zero-order valence-corrected chi connectivity index (χ0v) is 16.9. The van der Waals surface area contributed by atoms with Crippen LogP contribution in [0.3, 0.4) is 0 Å². The summed E-state index contributed by atoms with van der Waals surface area (Å²) in [6.45, 7) is 1.21. The minimum Gasteiger partial charge on any atom is -0.484 e. The third kappa shape index (κ3) is 5.33. The summed E-state index contributed by atoms with van der Waals surface area (Å²) in [5.74, 6) is -2.67. The van der Waals surface area contributed by atoms with Crippen LogP contribution in [-0.2, 0) is 4.74 Å². The lowest BCUT2D eigenvalue weighted by Crippen LogP contribution is -2.42. The summed E-state index contributed by atoms with van der Waals surface area (Å²) in [5.41, 5.74) is 0.0567. The van der Waals surface area contributed by atoms with Crippen molar-refractivity contribution in [1.29, 1.82) is 0 Å². The van der Waals surface area contributed by atoms with Crippen molar-refractivity contribution < 1.29 is 41.3 Å². The van der Waals surface area contributed by atoms with E-state index < -0.39 is 54.5 Å². The van der Waals surface area contributed by atoms with Crippen molar-refractivity contribution in [3.63, 3.8) is 0 Å². The lowest BCUT2D eigenvalue weighted by atomic mass is 10.1. The summed E-state index contributed by atoms with van der Waals surface area (Å²) in [5, 5.41) is 12.6. The summed E-state index contributed by atoms with van der Waals surface area (Å²) in [7, 11) is 0. The number of aliphatic hydroxyl groups excluding tert-OH is 1. The fourth-order valence-electron chi connectivity index (χ4n) is 3.02. The number of nitrogens with one attached hydrogen (secondary N) is 1. The normalized spacial score (nSPS) is 18.3. The van der Waals surface area contributed by atoms with E-state index >= 15 is 0 Å². The van der Waals surface area contributed by atoms with Gasteiger partial charge in [0.15, 0.2) is 18.2 Å². The van der Waals surface area contributed by atoms with E-state index in [1.807, 2.05) is 0 Å². The van der Waals surface area contributed by atoms with Gasteiger partial charge in [-0.2, -0.15) is 18.2 Å². The summed E-state index contributed by atoms with van der Waals surface area (Å²) in [6.07, 6.45) is -5.69. The predicted molar refractivity (Wildman–Crippen MR) is 101 cm³/mol. The molecule has 1 unspecified atom stereocenters. The number of nitrogens with zero attached hydrogens (tertiary/aromatic N) is 3. The van der Waals surface area contributed by atoms with Gasteiger partial charge in [-0.1, -0.05) is 6.07 Å². The van der Waals surface area contributed by atoms with Gasteiger partial charge >= 0.3 is 12.3 Å². The molecule has 1 saturated heterocycles. The lowest BCUT2D eigenvalue weighted by Gasteiger charge is -2.23. The Kier molecular flexibility index (Phi) is 6.67. The van der Waals surface area contributed by atoms with E-state index in [0.29, 0.717) is 0 Å². The molecule has 1 aromatic heterocycles. The lowest BCUT2D eigenvalue weighted by molar-refractivity contribution is -0.153. The fourth-order valence-corrected chi connectivity index (χ4v) is 3.02. The second-order valence-corrected chi connectivity index (χ2v) is 7.07. The second-order valence-electron chi connectivity index (χ2n) is 7.07. The van der Waals surface area contributed by atoms with E-state index in [0.717, 1.165) is 17.2 Å². The number of benzene rings is 1. The molecule has 1 fully saturated rings. The second kappa shape index (κ2) is 9.10. The quantitative estimate of drug-likeness (QED) is 0.608. The zero-order chi connectivity index (χ0) is 23.6. The maximum Gasteiger partial charge on any atom is 0.422 e. The van der Waals surface area contributed by atoms with Gasteiger partial charge in [-0.3, -0.25) is 0 Å². The Morgan fingerprint density at radius 1 is 1.31 bits per heavy atom. The molecule has 0 radical (unpaired) electrons. The van der Waals surface area contributed by atoms with E-state index in [4.69, 9.17) is 4.74 Å². The maximum atomic E-state index is 14.4. The molecule has 3 atom stereocenters. The molecule has 2 aromatic rings. The smallest absolute Gasteiger partial charge is 0.422 e. The van der Waals surface area contributed by atoms with Crippen LogP contribution in [0.5, 0.6) is 5.75 Å². The van der Waals surface area contributed by atoms with Gasteiger partial charge in [-0.15, -0.1) is 0 Å². The van der Waals surface area contributed by atoms with E-state index in [9.17, 15) is 31.9 Å². The Morgan fingerprint density at radius 3 is 2.66 bits per heavy atom. The molecule has 1 aromatic carbocycles. The van der Waals surface area contributed by atoms with Crippen molar-refractivity contribution >= 4 is 17.9 Å². The molecule has 1 aliphatic rings. The number of ether oxygens (including phenoxy) is 2. The number of rotatable bonds is 7. The van der Waals surface area contributed by atoms with Crippen LogP contribution < -0.4 is 15.0 Å². The number of amides is 1. The third-order valence-electron chi connectivity index (χ3n) is 4.60. The van der Waals surface area contributed by atoms with Gasteiger partial charge in [0.1, 0.15) is 24.2 Å². The molecular formula is C19H19F5N4O4. The zero-order valence-electron chi connectivity index (χ0n) is 16.9. The van der Waals surface area contributed by atoms with Gasteiger partial charge in [0.2, 0.25) is 5.95 Å². The molecule has 8 nitrogen and oxygen atoms in total. The minimum absolute atomic E-state index is 0.0567. The van der Waals surface area contributed by atoms with Gasteiger partial charge in [0.05, 0.1) is 18.3 Å². The number of carbonyl (C=O) groups is 1. The standard InChI is InChI=1S/C19H19F5N4O4/c1-9(12-4-3-11(5-13(12)20)32-8-19(22,23)24)26-17-25-6-14(21)16(27-17)28-15(10(2)29)7-31-18(28)30/h3-6,9-10,15,29H,7-8H2,1-2H3,(H,25,26,27)/t9-,10+,15?/m0/s1. The molecule has 0 spiro atoms. The topological polar surface area (TPSA) is 96.8 Å². The van der Waals surface area contributed by atoms with Crippen molar-refractivity contribution in [2.75, 3.05) is 23.4 Å². The van der Waals surface area contributed by atoms with Crippen LogP contribution >= 0.6 is 0 Å². The molecule has 13 heteroatoms. The summed E-state index contributed by atoms with van der Waals surface area (Å²) < 4.78 is 74.8.